The number of thiazole rings is 1. The van der Waals surface area contributed by atoms with Crippen LogP contribution in [-0.4, -0.2) is 31.5 Å². The monoisotopic (exact) mass is 294 g/mol. The van der Waals surface area contributed by atoms with Crippen molar-refractivity contribution in [3.05, 3.63) is 38.8 Å². The van der Waals surface area contributed by atoms with E-state index >= 15 is 0 Å². The Morgan fingerprint density at radius 1 is 1.40 bits per heavy atom. The first-order valence-electron chi connectivity index (χ1n) is 5.48. The molecule has 0 aliphatic heterocycles. The Labute approximate surface area is 116 Å². The molecule has 20 heavy (non-hydrogen) atoms. The van der Waals surface area contributed by atoms with Crippen molar-refractivity contribution in [2.45, 2.75) is 13.5 Å². The molecule has 0 radical (unpaired) electrons. The summed E-state index contributed by atoms with van der Waals surface area (Å²) in [5.41, 5.74) is 0.308. The average Bonchev–Trinajstić information content (AvgIpc) is 2.71. The third kappa shape index (κ3) is 2.88. The Morgan fingerprint density at radius 3 is 2.70 bits per heavy atom. The van der Waals surface area contributed by atoms with Crippen LogP contribution in [0, 0.1) is 6.92 Å². The number of anilines is 1. The molecular formula is C11H10N4O4S. The lowest BCUT2D eigenvalue weighted by Crippen LogP contribution is -2.26. The maximum absolute atomic E-state index is 11.8. The van der Waals surface area contributed by atoms with Crippen LogP contribution < -0.4 is 10.2 Å². The molecule has 0 aliphatic carbocycles. The molecule has 2 heterocycles. The molecule has 9 heteroatoms. The van der Waals surface area contributed by atoms with Gasteiger partial charge >= 0.3 is 10.8 Å². The molecule has 1 amide bonds. The summed E-state index contributed by atoms with van der Waals surface area (Å²) in [5.74, 6) is -1.99. The van der Waals surface area contributed by atoms with Gasteiger partial charge in [0, 0.05) is 23.5 Å². The summed E-state index contributed by atoms with van der Waals surface area (Å²) in [7, 11) is 0. The number of aromatic nitrogens is 3. The molecule has 0 unspecified atom stereocenters. The van der Waals surface area contributed by atoms with Gasteiger partial charge in [-0.15, -0.1) is 0 Å². The van der Waals surface area contributed by atoms with Gasteiger partial charge in [-0.1, -0.05) is 11.3 Å². The Morgan fingerprint density at radius 2 is 2.10 bits per heavy atom. The first-order valence-corrected chi connectivity index (χ1v) is 6.36. The van der Waals surface area contributed by atoms with E-state index in [4.69, 9.17) is 5.11 Å². The molecule has 2 N–H and O–H groups in total. The topological polar surface area (TPSA) is 114 Å². The third-order valence-corrected chi connectivity index (χ3v) is 3.32. The lowest BCUT2D eigenvalue weighted by molar-refractivity contribution is -0.116. The minimum atomic E-state index is -1.29. The van der Waals surface area contributed by atoms with Crippen LogP contribution in [0.1, 0.15) is 16.2 Å². The van der Waals surface area contributed by atoms with Crippen molar-refractivity contribution in [3.8, 4) is 0 Å². The number of amides is 1. The van der Waals surface area contributed by atoms with Gasteiger partial charge in [0.2, 0.25) is 5.91 Å². The second kappa shape index (κ2) is 5.61. The largest absolute Gasteiger partial charge is 0.476 e. The van der Waals surface area contributed by atoms with Gasteiger partial charge in [0.25, 0.3) is 0 Å². The van der Waals surface area contributed by atoms with Gasteiger partial charge in [-0.3, -0.25) is 14.2 Å². The van der Waals surface area contributed by atoms with E-state index in [0.29, 0.717) is 5.69 Å². The maximum atomic E-state index is 11.8. The summed E-state index contributed by atoms with van der Waals surface area (Å²) < 4.78 is 1.29. The quantitative estimate of drug-likeness (QED) is 0.840. The van der Waals surface area contributed by atoms with Crippen molar-refractivity contribution in [3.63, 3.8) is 0 Å². The van der Waals surface area contributed by atoms with Crippen LogP contribution in [0.2, 0.25) is 0 Å². The van der Waals surface area contributed by atoms with Crippen LogP contribution in [0.4, 0.5) is 5.82 Å². The minimum Gasteiger partial charge on any atom is -0.476 e. The number of aromatic carboxylic acids is 1. The highest BCUT2D eigenvalue weighted by Gasteiger charge is 2.16. The summed E-state index contributed by atoms with van der Waals surface area (Å²) in [6.45, 7) is 1.50. The van der Waals surface area contributed by atoms with Crippen molar-refractivity contribution >= 4 is 29.0 Å². The van der Waals surface area contributed by atoms with E-state index < -0.39 is 11.9 Å². The van der Waals surface area contributed by atoms with E-state index in [1.807, 2.05) is 0 Å². The van der Waals surface area contributed by atoms with Crippen molar-refractivity contribution in [2.75, 3.05) is 5.32 Å². The molecule has 0 saturated heterocycles. The van der Waals surface area contributed by atoms with E-state index in [1.54, 1.807) is 12.3 Å². The van der Waals surface area contributed by atoms with Crippen LogP contribution >= 0.6 is 11.3 Å². The number of nitrogens with zero attached hydrogens (tertiary/aromatic N) is 3. The van der Waals surface area contributed by atoms with E-state index in [9.17, 15) is 14.4 Å². The van der Waals surface area contributed by atoms with E-state index in [2.05, 4.69) is 15.3 Å². The summed E-state index contributed by atoms with van der Waals surface area (Å²) in [4.78, 5) is 41.4. The number of aryl methyl sites for hydroxylation is 1. The number of carbonyl (C=O) groups excluding carboxylic acids is 1. The molecule has 2 rings (SSSR count). The number of carbonyl (C=O) groups is 2. The summed E-state index contributed by atoms with van der Waals surface area (Å²) in [6.07, 6.45) is 2.48. The van der Waals surface area contributed by atoms with Crippen LogP contribution in [0.15, 0.2) is 22.6 Å². The van der Waals surface area contributed by atoms with E-state index in [-0.39, 0.29) is 22.9 Å². The molecule has 0 fully saturated rings. The maximum Gasteiger partial charge on any atom is 0.358 e. The highest BCUT2D eigenvalue weighted by atomic mass is 32.1. The van der Waals surface area contributed by atoms with E-state index in [1.165, 1.54) is 17.0 Å². The van der Waals surface area contributed by atoms with Gasteiger partial charge in [-0.05, 0) is 6.92 Å². The number of nitrogens with one attached hydrogen (secondary N) is 1. The van der Waals surface area contributed by atoms with Gasteiger partial charge in [-0.25, -0.2) is 14.8 Å². The zero-order chi connectivity index (χ0) is 14.7. The van der Waals surface area contributed by atoms with Crippen molar-refractivity contribution in [1.82, 2.24) is 14.5 Å². The van der Waals surface area contributed by atoms with Crippen LogP contribution in [0.25, 0.3) is 0 Å². The SMILES string of the molecule is Cc1csc(=O)n1CC(=O)Nc1nccnc1C(=O)O. The van der Waals surface area contributed by atoms with Gasteiger partial charge in [0.05, 0.1) is 0 Å². The third-order valence-electron chi connectivity index (χ3n) is 2.44. The number of hydrogen-bond acceptors (Lipinski definition) is 6. The molecule has 8 nitrogen and oxygen atoms in total. The lowest BCUT2D eigenvalue weighted by atomic mass is 10.4. The minimum absolute atomic E-state index is 0.147. The molecule has 0 saturated carbocycles. The number of hydrogen-bond donors (Lipinski definition) is 2. The number of carboxylic acid groups (broad SMARTS) is 1. The first-order chi connectivity index (χ1) is 9.49. The van der Waals surface area contributed by atoms with Gasteiger partial charge in [0.1, 0.15) is 6.54 Å². The van der Waals surface area contributed by atoms with Crippen LogP contribution in [0.5, 0.6) is 0 Å². The molecular weight excluding hydrogens is 284 g/mol. The lowest BCUT2D eigenvalue weighted by Gasteiger charge is -2.07. The Kier molecular flexibility index (Phi) is 3.89. The highest BCUT2D eigenvalue weighted by Crippen LogP contribution is 2.08. The number of carboxylic acids is 1. The second-order valence-corrected chi connectivity index (χ2v) is 4.66. The van der Waals surface area contributed by atoms with Crippen molar-refractivity contribution < 1.29 is 14.7 Å². The van der Waals surface area contributed by atoms with Crippen molar-refractivity contribution in [2.24, 2.45) is 0 Å². The van der Waals surface area contributed by atoms with Gasteiger partial charge < -0.3 is 10.4 Å². The fraction of sp³-hybridized carbons (Fsp3) is 0.182. The molecule has 104 valence electrons. The summed E-state index contributed by atoms with van der Waals surface area (Å²) in [5, 5.41) is 12.9. The Bertz CT molecular complexity index is 721. The fourth-order valence-electron chi connectivity index (χ4n) is 1.50. The predicted octanol–water partition coefficient (Wildman–Crippen LogP) is 0.345. The second-order valence-electron chi connectivity index (χ2n) is 3.84. The van der Waals surface area contributed by atoms with Crippen LogP contribution in [-0.2, 0) is 11.3 Å². The smallest absolute Gasteiger partial charge is 0.358 e. The molecule has 2 aromatic heterocycles. The zero-order valence-corrected chi connectivity index (χ0v) is 11.2. The predicted molar refractivity (Wildman–Crippen MR) is 70.9 cm³/mol. The normalized spacial score (nSPS) is 10.2. The summed E-state index contributed by atoms with van der Waals surface area (Å²) >= 11 is 0.993. The number of rotatable bonds is 4. The first kappa shape index (κ1) is 13.9. The van der Waals surface area contributed by atoms with Gasteiger partial charge in [0.15, 0.2) is 11.5 Å². The fourth-order valence-corrected chi connectivity index (χ4v) is 2.23. The summed E-state index contributed by atoms with van der Waals surface area (Å²) in [6, 6.07) is 0. The Balaban J connectivity index is 2.17. The average molecular weight is 294 g/mol. The zero-order valence-electron chi connectivity index (χ0n) is 10.4. The Hall–Kier alpha value is -2.55. The van der Waals surface area contributed by atoms with Crippen LogP contribution in [0.3, 0.4) is 0 Å². The molecule has 0 aliphatic rings. The molecule has 0 atom stereocenters. The highest BCUT2D eigenvalue weighted by molar-refractivity contribution is 7.07. The molecule has 0 bridgehead atoms. The molecule has 0 aromatic carbocycles. The molecule has 2 aromatic rings. The van der Waals surface area contributed by atoms with E-state index in [0.717, 1.165) is 11.3 Å². The van der Waals surface area contributed by atoms with Crippen molar-refractivity contribution in [1.29, 1.82) is 0 Å². The standard InChI is InChI=1S/C11H10N4O4S/c1-6-5-20-11(19)15(6)4-7(16)14-9-8(10(17)18)12-2-3-13-9/h2-3,5H,4H2,1H3,(H,17,18)(H,13,14,16). The molecule has 0 spiro atoms. The van der Waals surface area contributed by atoms with Gasteiger partial charge in [-0.2, -0.15) is 0 Å².